The summed E-state index contributed by atoms with van der Waals surface area (Å²) in [6.07, 6.45) is -0.174. The molecule has 0 unspecified atom stereocenters. The number of ether oxygens (including phenoxy) is 3. The van der Waals surface area contributed by atoms with E-state index >= 15 is 0 Å². The van der Waals surface area contributed by atoms with Gasteiger partial charge in [0.15, 0.2) is 0 Å². The smallest absolute Gasteiger partial charge is 0.338 e. The Hall–Kier alpha value is -1.40. The average Bonchev–Trinajstić information content (AvgIpc) is 2.27. The summed E-state index contributed by atoms with van der Waals surface area (Å²) < 4.78 is 15.0. The second-order valence-electron chi connectivity index (χ2n) is 3.59. The SMILES string of the molecule is COC[C@H](C)Oc1cc(O)cc(C(=O)OC)c1.S. The first-order chi connectivity index (χ1) is 8.06. The zero-order chi connectivity index (χ0) is 12.8. The van der Waals surface area contributed by atoms with Crippen molar-refractivity contribution in [3.8, 4) is 11.5 Å². The van der Waals surface area contributed by atoms with Crippen molar-refractivity contribution in [3.05, 3.63) is 23.8 Å². The van der Waals surface area contributed by atoms with Crippen molar-refractivity contribution in [2.75, 3.05) is 20.8 Å². The molecule has 18 heavy (non-hydrogen) atoms. The van der Waals surface area contributed by atoms with Crippen molar-refractivity contribution >= 4 is 19.5 Å². The minimum atomic E-state index is -0.523. The van der Waals surface area contributed by atoms with E-state index in [1.807, 2.05) is 6.92 Å². The molecule has 102 valence electrons. The van der Waals surface area contributed by atoms with Gasteiger partial charge in [0.05, 0.1) is 19.3 Å². The Balaban J connectivity index is 0.00000289. The van der Waals surface area contributed by atoms with E-state index in [9.17, 15) is 9.90 Å². The number of carbonyl (C=O) groups is 1. The van der Waals surface area contributed by atoms with Gasteiger partial charge in [-0.25, -0.2) is 4.79 Å². The van der Waals surface area contributed by atoms with Crippen LogP contribution in [-0.2, 0) is 9.47 Å². The van der Waals surface area contributed by atoms with Crippen LogP contribution in [0.3, 0.4) is 0 Å². The predicted molar refractivity (Wildman–Crippen MR) is 71.8 cm³/mol. The number of phenols is 1. The fraction of sp³-hybridized carbons (Fsp3) is 0.417. The van der Waals surface area contributed by atoms with Crippen LogP contribution in [0, 0.1) is 0 Å². The summed E-state index contributed by atoms with van der Waals surface area (Å²) >= 11 is 0. The molecule has 0 spiro atoms. The van der Waals surface area contributed by atoms with E-state index in [0.717, 1.165) is 0 Å². The maximum absolute atomic E-state index is 11.3. The summed E-state index contributed by atoms with van der Waals surface area (Å²) in [6, 6.07) is 4.26. The molecule has 0 radical (unpaired) electrons. The number of hydrogen-bond acceptors (Lipinski definition) is 5. The van der Waals surface area contributed by atoms with Gasteiger partial charge in [0, 0.05) is 13.2 Å². The van der Waals surface area contributed by atoms with Crippen molar-refractivity contribution in [2.45, 2.75) is 13.0 Å². The average molecular weight is 274 g/mol. The minimum absolute atomic E-state index is 0. The molecule has 6 heteroatoms. The number of phenolic OH excluding ortho intramolecular Hbond substituents is 1. The summed E-state index contributed by atoms with van der Waals surface area (Å²) in [5.41, 5.74) is 0.243. The topological polar surface area (TPSA) is 65.0 Å². The Morgan fingerprint density at radius 1 is 1.33 bits per heavy atom. The maximum Gasteiger partial charge on any atom is 0.338 e. The van der Waals surface area contributed by atoms with Gasteiger partial charge in [0.2, 0.25) is 0 Å². The number of aromatic hydroxyl groups is 1. The van der Waals surface area contributed by atoms with Gasteiger partial charge in [-0.2, -0.15) is 13.5 Å². The number of esters is 1. The van der Waals surface area contributed by atoms with Gasteiger partial charge in [0.1, 0.15) is 17.6 Å². The Bertz CT molecular complexity index is 394. The van der Waals surface area contributed by atoms with Crippen LogP contribution in [-0.4, -0.2) is 38.0 Å². The highest BCUT2D eigenvalue weighted by atomic mass is 32.1. The Kier molecular flexibility index (Phi) is 7.23. The number of carbonyl (C=O) groups excluding carboxylic acids is 1. The third-order valence-corrected chi connectivity index (χ3v) is 2.05. The Morgan fingerprint density at radius 3 is 2.56 bits per heavy atom. The molecule has 5 nitrogen and oxygen atoms in total. The molecular weight excluding hydrogens is 256 g/mol. The van der Waals surface area contributed by atoms with Gasteiger partial charge >= 0.3 is 5.97 Å². The van der Waals surface area contributed by atoms with Crippen LogP contribution >= 0.6 is 13.5 Å². The summed E-state index contributed by atoms with van der Waals surface area (Å²) in [4.78, 5) is 11.3. The normalized spacial score (nSPS) is 11.3. The van der Waals surface area contributed by atoms with Gasteiger partial charge < -0.3 is 19.3 Å². The van der Waals surface area contributed by atoms with Crippen molar-refractivity contribution in [3.63, 3.8) is 0 Å². The second-order valence-corrected chi connectivity index (χ2v) is 3.59. The highest BCUT2D eigenvalue weighted by Gasteiger charge is 2.11. The fourth-order valence-electron chi connectivity index (χ4n) is 1.39. The van der Waals surface area contributed by atoms with E-state index in [1.165, 1.54) is 25.3 Å². The zero-order valence-electron chi connectivity index (χ0n) is 10.6. The minimum Gasteiger partial charge on any atom is -0.508 e. The van der Waals surface area contributed by atoms with Crippen molar-refractivity contribution in [1.29, 1.82) is 0 Å². The van der Waals surface area contributed by atoms with E-state index in [-0.39, 0.29) is 30.9 Å². The summed E-state index contributed by atoms with van der Waals surface area (Å²) in [5.74, 6) is -0.174. The molecular formula is C12H18O5S. The van der Waals surface area contributed by atoms with Crippen molar-refractivity contribution < 1.29 is 24.1 Å². The van der Waals surface area contributed by atoms with Gasteiger partial charge in [0.25, 0.3) is 0 Å². The predicted octanol–water partition coefficient (Wildman–Crippen LogP) is 1.71. The molecule has 0 saturated carbocycles. The standard InChI is InChI=1S/C12H16O5.H2S/c1-8(7-15-2)17-11-5-9(12(14)16-3)4-10(13)6-11;/h4-6,8,13H,7H2,1-3H3;1H2/t8-;/m0./s1. The van der Waals surface area contributed by atoms with E-state index in [0.29, 0.717) is 12.4 Å². The number of benzene rings is 1. The third kappa shape index (κ3) is 4.85. The lowest BCUT2D eigenvalue weighted by Gasteiger charge is -2.14. The molecule has 1 rings (SSSR count). The van der Waals surface area contributed by atoms with Crippen LogP contribution in [0.4, 0.5) is 0 Å². The van der Waals surface area contributed by atoms with Crippen molar-refractivity contribution in [2.24, 2.45) is 0 Å². The molecule has 0 heterocycles. The number of rotatable bonds is 5. The second kappa shape index (κ2) is 7.84. The molecule has 0 aliphatic heterocycles. The molecule has 0 amide bonds. The number of methoxy groups -OCH3 is 2. The zero-order valence-corrected chi connectivity index (χ0v) is 11.6. The highest BCUT2D eigenvalue weighted by Crippen LogP contribution is 2.23. The summed E-state index contributed by atoms with van der Waals surface area (Å²) in [7, 11) is 2.85. The van der Waals surface area contributed by atoms with Crippen LogP contribution in [0.15, 0.2) is 18.2 Å². The van der Waals surface area contributed by atoms with Crippen LogP contribution in [0.1, 0.15) is 17.3 Å². The first-order valence-corrected chi connectivity index (χ1v) is 5.14. The molecule has 1 N–H and O–H groups in total. The molecule has 1 aromatic carbocycles. The number of hydrogen-bond donors (Lipinski definition) is 1. The Morgan fingerprint density at radius 2 is 2.00 bits per heavy atom. The molecule has 0 aliphatic rings. The van der Waals surface area contributed by atoms with Gasteiger partial charge in [-0.05, 0) is 19.1 Å². The van der Waals surface area contributed by atoms with Crippen LogP contribution in [0.2, 0.25) is 0 Å². The van der Waals surface area contributed by atoms with Gasteiger partial charge in [-0.3, -0.25) is 0 Å². The monoisotopic (exact) mass is 274 g/mol. The maximum atomic E-state index is 11.3. The largest absolute Gasteiger partial charge is 0.508 e. The first kappa shape index (κ1) is 16.6. The van der Waals surface area contributed by atoms with Crippen LogP contribution in [0.5, 0.6) is 11.5 Å². The van der Waals surface area contributed by atoms with Crippen molar-refractivity contribution in [1.82, 2.24) is 0 Å². The molecule has 0 saturated heterocycles. The fourth-order valence-corrected chi connectivity index (χ4v) is 1.39. The van der Waals surface area contributed by atoms with Gasteiger partial charge in [-0.15, -0.1) is 0 Å². The van der Waals surface area contributed by atoms with E-state index < -0.39 is 5.97 Å². The Labute approximate surface area is 113 Å². The van der Waals surface area contributed by atoms with E-state index in [1.54, 1.807) is 7.11 Å². The molecule has 0 fully saturated rings. The molecule has 0 aliphatic carbocycles. The first-order valence-electron chi connectivity index (χ1n) is 5.14. The lowest BCUT2D eigenvalue weighted by atomic mass is 10.2. The van der Waals surface area contributed by atoms with E-state index in [2.05, 4.69) is 4.74 Å². The highest BCUT2D eigenvalue weighted by molar-refractivity contribution is 7.59. The summed E-state index contributed by atoms with van der Waals surface area (Å²) in [5, 5.41) is 9.46. The quantitative estimate of drug-likeness (QED) is 0.828. The lowest BCUT2D eigenvalue weighted by Crippen LogP contribution is -2.18. The van der Waals surface area contributed by atoms with Crippen LogP contribution in [0.25, 0.3) is 0 Å². The van der Waals surface area contributed by atoms with Gasteiger partial charge in [-0.1, -0.05) is 0 Å². The van der Waals surface area contributed by atoms with Crippen LogP contribution < -0.4 is 4.74 Å². The van der Waals surface area contributed by atoms with E-state index in [4.69, 9.17) is 9.47 Å². The summed E-state index contributed by atoms with van der Waals surface area (Å²) in [6.45, 7) is 2.24. The molecule has 0 aromatic heterocycles. The molecule has 1 aromatic rings. The third-order valence-electron chi connectivity index (χ3n) is 2.05. The lowest BCUT2D eigenvalue weighted by molar-refractivity contribution is 0.0598. The molecule has 0 bridgehead atoms. The molecule has 1 atom stereocenters.